The van der Waals surface area contributed by atoms with Crippen LogP contribution in [-0.2, 0) is 11.2 Å². The van der Waals surface area contributed by atoms with Crippen LogP contribution in [0.1, 0.15) is 22.7 Å². The van der Waals surface area contributed by atoms with E-state index in [1.807, 2.05) is 18.2 Å². The molecule has 1 N–H and O–H groups in total. The summed E-state index contributed by atoms with van der Waals surface area (Å²) in [6.45, 7) is 0. The second kappa shape index (κ2) is 10.7. The molecule has 4 aromatic rings. The Hall–Kier alpha value is -4.10. The van der Waals surface area contributed by atoms with Crippen LogP contribution < -0.4 is 14.8 Å². The fourth-order valence-corrected chi connectivity index (χ4v) is 3.47. The van der Waals surface area contributed by atoms with Crippen molar-refractivity contribution in [2.45, 2.75) is 12.8 Å². The molecule has 0 radical (unpaired) electrons. The lowest BCUT2D eigenvalue weighted by atomic mass is 10.2. The van der Waals surface area contributed by atoms with E-state index in [1.165, 1.54) is 7.11 Å². The van der Waals surface area contributed by atoms with E-state index < -0.39 is 5.97 Å². The van der Waals surface area contributed by atoms with Gasteiger partial charge in [0.2, 0.25) is 0 Å². The lowest BCUT2D eigenvalue weighted by Crippen LogP contribution is -2.13. The van der Waals surface area contributed by atoms with Crippen molar-refractivity contribution in [2.75, 3.05) is 12.4 Å². The third kappa shape index (κ3) is 5.63. The topological polar surface area (TPSA) is 90.7 Å². The quantitative estimate of drug-likeness (QED) is 0.255. The van der Waals surface area contributed by atoms with Gasteiger partial charge in [0.1, 0.15) is 11.5 Å². The summed E-state index contributed by atoms with van der Waals surface area (Å²) in [6.07, 6.45) is 1.96. The van der Waals surface area contributed by atoms with Crippen molar-refractivity contribution in [1.29, 1.82) is 0 Å². The molecule has 8 heteroatoms. The minimum Gasteiger partial charge on any atom is -0.496 e. The smallest absolute Gasteiger partial charge is 0.311 e. The zero-order valence-corrected chi connectivity index (χ0v) is 19.0. The first-order valence-corrected chi connectivity index (χ1v) is 10.9. The van der Waals surface area contributed by atoms with Gasteiger partial charge in [0.15, 0.2) is 11.7 Å². The number of carbonyl (C=O) groups is 2. The van der Waals surface area contributed by atoms with Crippen LogP contribution in [0.3, 0.4) is 0 Å². The van der Waals surface area contributed by atoms with E-state index >= 15 is 0 Å². The van der Waals surface area contributed by atoms with Crippen LogP contribution in [0.4, 0.5) is 5.69 Å². The minimum atomic E-state index is -0.427. The number of para-hydroxylation sites is 1. The second-order valence-corrected chi connectivity index (χ2v) is 7.66. The maximum absolute atomic E-state index is 12.5. The van der Waals surface area contributed by atoms with Gasteiger partial charge >= 0.3 is 5.97 Å². The third-order valence-electron chi connectivity index (χ3n) is 4.93. The summed E-state index contributed by atoms with van der Waals surface area (Å²) in [7, 11) is 1.51. The van der Waals surface area contributed by atoms with Crippen LogP contribution in [0.2, 0.25) is 5.02 Å². The van der Waals surface area contributed by atoms with Crippen LogP contribution in [0, 0.1) is 0 Å². The van der Waals surface area contributed by atoms with E-state index in [0.29, 0.717) is 39.4 Å². The molecule has 0 atom stereocenters. The molecular formula is C26H21ClN2O5. The third-order valence-corrected chi connectivity index (χ3v) is 5.26. The molecule has 1 heterocycles. The number of methoxy groups -OCH3 is 1. The lowest BCUT2D eigenvalue weighted by Gasteiger charge is -2.10. The van der Waals surface area contributed by atoms with E-state index in [1.54, 1.807) is 60.8 Å². The van der Waals surface area contributed by atoms with Crippen LogP contribution in [-0.4, -0.2) is 24.0 Å². The van der Waals surface area contributed by atoms with Gasteiger partial charge in [0.05, 0.1) is 30.3 Å². The van der Waals surface area contributed by atoms with Gasteiger partial charge in [0.25, 0.3) is 5.91 Å². The fraction of sp³-hybridized carbons (Fsp3) is 0.115. The number of anilines is 1. The van der Waals surface area contributed by atoms with Crippen LogP contribution >= 0.6 is 11.6 Å². The van der Waals surface area contributed by atoms with Gasteiger partial charge in [0, 0.05) is 17.7 Å². The SMILES string of the molecule is COc1ccccc1C(=O)Nc1ccc(OC(=O)CCc2ncc(-c3ccccc3Cl)o2)cc1. The molecule has 0 bridgehead atoms. The summed E-state index contributed by atoms with van der Waals surface area (Å²) in [5, 5.41) is 3.35. The Morgan fingerprint density at radius 3 is 2.50 bits per heavy atom. The summed E-state index contributed by atoms with van der Waals surface area (Å²) >= 11 is 6.18. The molecular weight excluding hydrogens is 456 g/mol. The van der Waals surface area contributed by atoms with E-state index in [4.69, 9.17) is 25.5 Å². The molecule has 1 amide bonds. The largest absolute Gasteiger partial charge is 0.496 e. The Labute approximate surface area is 201 Å². The van der Waals surface area contributed by atoms with Crippen molar-refractivity contribution in [3.63, 3.8) is 0 Å². The molecule has 0 saturated carbocycles. The number of benzene rings is 3. The molecule has 3 aromatic carbocycles. The number of halogens is 1. The molecule has 1 aromatic heterocycles. The highest BCUT2D eigenvalue weighted by Gasteiger charge is 2.14. The molecule has 0 aliphatic rings. The van der Waals surface area contributed by atoms with Crippen LogP contribution in [0.25, 0.3) is 11.3 Å². The van der Waals surface area contributed by atoms with Crippen molar-refractivity contribution < 1.29 is 23.5 Å². The molecule has 34 heavy (non-hydrogen) atoms. The first-order valence-electron chi connectivity index (χ1n) is 10.5. The summed E-state index contributed by atoms with van der Waals surface area (Å²) in [4.78, 5) is 28.9. The number of esters is 1. The molecule has 0 unspecified atom stereocenters. The van der Waals surface area contributed by atoms with E-state index in [-0.39, 0.29) is 18.7 Å². The molecule has 0 saturated heterocycles. The number of oxazole rings is 1. The second-order valence-electron chi connectivity index (χ2n) is 7.25. The first kappa shape index (κ1) is 23.1. The average molecular weight is 477 g/mol. The van der Waals surface area contributed by atoms with Gasteiger partial charge in [-0.15, -0.1) is 0 Å². The van der Waals surface area contributed by atoms with Crippen molar-refractivity contribution in [3.8, 4) is 22.8 Å². The zero-order chi connectivity index (χ0) is 23.9. The molecule has 0 aliphatic carbocycles. The average Bonchev–Trinajstić information content (AvgIpc) is 3.33. The Bertz CT molecular complexity index is 1300. The minimum absolute atomic E-state index is 0.0920. The predicted molar refractivity (Wildman–Crippen MR) is 128 cm³/mol. The maximum atomic E-state index is 12.5. The Kier molecular flexibility index (Phi) is 7.25. The number of hydrogen-bond acceptors (Lipinski definition) is 6. The number of aromatic nitrogens is 1. The van der Waals surface area contributed by atoms with E-state index in [0.717, 1.165) is 5.56 Å². The molecule has 4 rings (SSSR count). The number of carbonyl (C=O) groups excluding carboxylic acids is 2. The number of hydrogen-bond donors (Lipinski definition) is 1. The Morgan fingerprint density at radius 1 is 1.00 bits per heavy atom. The summed E-state index contributed by atoms with van der Waals surface area (Å²) in [6, 6.07) is 20.8. The van der Waals surface area contributed by atoms with Crippen molar-refractivity contribution in [1.82, 2.24) is 4.98 Å². The molecule has 172 valence electrons. The van der Waals surface area contributed by atoms with Crippen molar-refractivity contribution in [2.24, 2.45) is 0 Å². The van der Waals surface area contributed by atoms with Gasteiger partial charge in [-0.25, -0.2) is 4.98 Å². The number of nitrogens with one attached hydrogen (secondary N) is 1. The lowest BCUT2D eigenvalue weighted by molar-refractivity contribution is -0.134. The highest BCUT2D eigenvalue weighted by atomic mass is 35.5. The van der Waals surface area contributed by atoms with Crippen molar-refractivity contribution >= 4 is 29.2 Å². The highest BCUT2D eigenvalue weighted by molar-refractivity contribution is 6.33. The number of nitrogens with zero attached hydrogens (tertiary/aromatic N) is 1. The zero-order valence-electron chi connectivity index (χ0n) is 18.3. The van der Waals surface area contributed by atoms with Crippen LogP contribution in [0.15, 0.2) is 83.4 Å². The first-order chi connectivity index (χ1) is 16.5. The Balaban J connectivity index is 1.29. The van der Waals surface area contributed by atoms with Gasteiger partial charge in [-0.3, -0.25) is 9.59 Å². The van der Waals surface area contributed by atoms with E-state index in [9.17, 15) is 9.59 Å². The number of amides is 1. The predicted octanol–water partition coefficient (Wildman–Crippen LogP) is 5.79. The van der Waals surface area contributed by atoms with Gasteiger partial charge in [-0.1, -0.05) is 35.9 Å². The van der Waals surface area contributed by atoms with Gasteiger partial charge in [-0.2, -0.15) is 0 Å². The number of ether oxygens (including phenoxy) is 2. The molecule has 0 fully saturated rings. The fourth-order valence-electron chi connectivity index (χ4n) is 3.24. The maximum Gasteiger partial charge on any atom is 0.311 e. The Morgan fingerprint density at radius 2 is 1.74 bits per heavy atom. The van der Waals surface area contributed by atoms with Gasteiger partial charge < -0.3 is 19.2 Å². The van der Waals surface area contributed by atoms with Crippen LogP contribution in [0.5, 0.6) is 11.5 Å². The number of aryl methyl sites for hydroxylation is 1. The molecule has 0 spiro atoms. The normalized spacial score (nSPS) is 10.5. The monoisotopic (exact) mass is 476 g/mol. The van der Waals surface area contributed by atoms with Gasteiger partial charge in [-0.05, 0) is 48.5 Å². The standard InChI is InChI=1S/C26H21ClN2O5/c1-32-22-9-5-3-7-20(22)26(31)29-17-10-12-18(13-11-17)33-25(30)15-14-24-28-16-23(34-24)19-6-2-4-8-21(19)27/h2-13,16H,14-15H2,1H3,(H,29,31). The summed E-state index contributed by atoms with van der Waals surface area (Å²) in [5.41, 5.74) is 1.72. The molecule has 0 aliphatic heterocycles. The summed E-state index contributed by atoms with van der Waals surface area (Å²) in [5.74, 6) is 1.08. The van der Waals surface area contributed by atoms with E-state index in [2.05, 4.69) is 10.3 Å². The summed E-state index contributed by atoms with van der Waals surface area (Å²) < 4.78 is 16.3. The van der Waals surface area contributed by atoms with Crippen molar-refractivity contribution in [3.05, 3.63) is 95.5 Å². The number of rotatable bonds is 8. The molecule has 7 nitrogen and oxygen atoms in total. The highest BCUT2D eigenvalue weighted by Crippen LogP contribution is 2.28.